The van der Waals surface area contributed by atoms with E-state index in [4.69, 9.17) is 0 Å². The monoisotopic (exact) mass is 354 g/mol. The third-order valence-electron chi connectivity index (χ3n) is 5.54. The summed E-state index contributed by atoms with van der Waals surface area (Å²) < 4.78 is 1.95. The Kier molecular flexibility index (Phi) is 4.63. The van der Waals surface area contributed by atoms with E-state index in [1.54, 1.807) is 0 Å². The largest absolute Gasteiger partial charge is 0.373 e. The molecule has 7 heteroatoms. The highest BCUT2D eigenvalue weighted by atomic mass is 16.2. The van der Waals surface area contributed by atoms with Gasteiger partial charge in [-0.1, -0.05) is 23.4 Å². The summed E-state index contributed by atoms with van der Waals surface area (Å²) in [5, 5.41) is 11.9. The Morgan fingerprint density at radius 2 is 1.96 bits per heavy atom. The number of likely N-dealkylation sites (N-methyl/N-ethyl adjacent to an activating group) is 1. The highest BCUT2D eigenvalue weighted by molar-refractivity contribution is 5.93. The van der Waals surface area contributed by atoms with Crippen LogP contribution in [0.3, 0.4) is 0 Å². The minimum atomic E-state index is -0.0206. The van der Waals surface area contributed by atoms with E-state index in [0.717, 1.165) is 38.2 Å². The fourth-order valence-corrected chi connectivity index (χ4v) is 3.95. The lowest BCUT2D eigenvalue weighted by molar-refractivity contribution is 0.0745. The second kappa shape index (κ2) is 7.07. The van der Waals surface area contributed by atoms with Crippen molar-refractivity contribution in [3.05, 3.63) is 41.2 Å². The molecule has 1 N–H and O–H groups in total. The van der Waals surface area contributed by atoms with Gasteiger partial charge in [0, 0.05) is 32.4 Å². The summed E-state index contributed by atoms with van der Waals surface area (Å²) in [7, 11) is 2.07. The van der Waals surface area contributed by atoms with Crippen LogP contribution in [0.2, 0.25) is 0 Å². The van der Waals surface area contributed by atoms with Crippen molar-refractivity contribution in [2.75, 3.05) is 38.1 Å². The fourth-order valence-electron chi connectivity index (χ4n) is 3.95. The number of nitrogens with one attached hydrogen (secondary N) is 1. The molecule has 1 aromatic heterocycles. The summed E-state index contributed by atoms with van der Waals surface area (Å²) in [6.07, 6.45) is 2.05. The van der Waals surface area contributed by atoms with Crippen molar-refractivity contribution in [3.8, 4) is 0 Å². The third-order valence-corrected chi connectivity index (χ3v) is 5.54. The van der Waals surface area contributed by atoms with E-state index >= 15 is 0 Å². The smallest absolute Gasteiger partial charge is 0.276 e. The van der Waals surface area contributed by atoms with Gasteiger partial charge in [-0.3, -0.25) is 4.79 Å². The van der Waals surface area contributed by atoms with E-state index < -0.39 is 0 Å². The van der Waals surface area contributed by atoms with Crippen molar-refractivity contribution < 1.29 is 4.79 Å². The van der Waals surface area contributed by atoms with Crippen molar-refractivity contribution in [3.63, 3.8) is 0 Å². The quantitative estimate of drug-likeness (QED) is 0.887. The van der Waals surface area contributed by atoms with Crippen LogP contribution in [0.25, 0.3) is 0 Å². The van der Waals surface area contributed by atoms with E-state index in [2.05, 4.69) is 39.7 Å². The van der Waals surface area contributed by atoms with Crippen LogP contribution in [0.1, 0.15) is 40.6 Å². The molecule has 2 aliphatic rings. The second-order valence-electron chi connectivity index (χ2n) is 7.23. The molecule has 1 aromatic carbocycles. The Labute approximate surface area is 154 Å². The van der Waals surface area contributed by atoms with Crippen molar-refractivity contribution in [2.24, 2.45) is 0 Å². The highest BCUT2D eigenvalue weighted by Gasteiger charge is 2.28. The van der Waals surface area contributed by atoms with Gasteiger partial charge in [-0.25, -0.2) is 4.68 Å². The highest BCUT2D eigenvalue weighted by Crippen LogP contribution is 2.25. The number of carbonyl (C=O) groups is 1. The van der Waals surface area contributed by atoms with Crippen LogP contribution >= 0.6 is 0 Å². The predicted octanol–water partition coefficient (Wildman–Crippen LogP) is 1.60. The number of nitrogens with zero attached hydrogens (tertiary/aromatic N) is 5. The van der Waals surface area contributed by atoms with E-state index in [0.29, 0.717) is 24.8 Å². The SMILES string of the molecule is Cc1c(C(=O)N2CCN(C)c3ccccc3C2)nnn1C1CCNCC1. The zero-order valence-corrected chi connectivity index (χ0v) is 15.5. The average molecular weight is 354 g/mol. The zero-order valence-electron chi connectivity index (χ0n) is 15.5. The van der Waals surface area contributed by atoms with Crippen LogP contribution in [0.15, 0.2) is 24.3 Å². The first-order valence-electron chi connectivity index (χ1n) is 9.36. The van der Waals surface area contributed by atoms with Gasteiger partial charge < -0.3 is 15.1 Å². The van der Waals surface area contributed by atoms with Crippen molar-refractivity contribution in [1.82, 2.24) is 25.2 Å². The molecule has 1 fully saturated rings. The molecule has 0 spiro atoms. The maximum absolute atomic E-state index is 13.2. The Bertz CT molecular complexity index is 795. The number of amides is 1. The van der Waals surface area contributed by atoms with E-state index in [1.807, 2.05) is 28.6 Å². The molecule has 2 aromatic rings. The molecule has 138 valence electrons. The maximum atomic E-state index is 13.2. The van der Waals surface area contributed by atoms with Crippen molar-refractivity contribution in [2.45, 2.75) is 32.4 Å². The molecule has 26 heavy (non-hydrogen) atoms. The molecule has 0 atom stereocenters. The molecule has 4 rings (SSSR count). The minimum Gasteiger partial charge on any atom is -0.373 e. The average Bonchev–Trinajstić information content (AvgIpc) is 2.97. The molecule has 0 saturated carbocycles. The van der Waals surface area contributed by atoms with Gasteiger partial charge in [-0.2, -0.15) is 0 Å². The molecule has 0 radical (unpaired) electrons. The van der Waals surface area contributed by atoms with Crippen molar-refractivity contribution >= 4 is 11.6 Å². The van der Waals surface area contributed by atoms with Crippen LogP contribution in [0.4, 0.5) is 5.69 Å². The normalized spacial score (nSPS) is 18.5. The van der Waals surface area contributed by atoms with Crippen LogP contribution in [0, 0.1) is 6.92 Å². The number of aromatic nitrogens is 3. The lowest BCUT2D eigenvalue weighted by atomic mass is 10.1. The molecule has 2 aliphatic heterocycles. The third kappa shape index (κ3) is 3.07. The first kappa shape index (κ1) is 17.0. The van der Waals surface area contributed by atoms with E-state index in [-0.39, 0.29) is 5.91 Å². The molecule has 7 nitrogen and oxygen atoms in total. The molecule has 0 bridgehead atoms. The number of fused-ring (bicyclic) bond motifs is 1. The molecule has 1 saturated heterocycles. The van der Waals surface area contributed by atoms with E-state index in [1.165, 1.54) is 11.3 Å². The Morgan fingerprint density at radius 1 is 1.19 bits per heavy atom. The molecule has 0 aliphatic carbocycles. The molecular weight excluding hydrogens is 328 g/mol. The standard InChI is InChI=1S/C19H26N6O/c1-14-18(21-22-25(14)16-7-9-20-10-8-16)19(26)24-12-11-23(2)17-6-4-3-5-15(17)13-24/h3-6,16,20H,7-13H2,1-2H3. The second-order valence-corrected chi connectivity index (χ2v) is 7.23. The summed E-state index contributed by atoms with van der Waals surface area (Å²) in [5.74, 6) is -0.0206. The van der Waals surface area contributed by atoms with Crippen LogP contribution < -0.4 is 10.2 Å². The van der Waals surface area contributed by atoms with Gasteiger partial charge in [0.15, 0.2) is 5.69 Å². The first-order valence-corrected chi connectivity index (χ1v) is 9.36. The molecule has 1 amide bonds. The summed E-state index contributed by atoms with van der Waals surface area (Å²) >= 11 is 0. The van der Waals surface area contributed by atoms with Gasteiger partial charge in [0.25, 0.3) is 5.91 Å². The van der Waals surface area contributed by atoms with Gasteiger partial charge in [-0.15, -0.1) is 5.10 Å². The summed E-state index contributed by atoms with van der Waals surface area (Å²) in [6.45, 7) is 6.05. The number of carbonyl (C=O) groups excluding carboxylic acids is 1. The lowest BCUT2D eigenvalue weighted by Crippen LogP contribution is -2.35. The zero-order chi connectivity index (χ0) is 18.1. The summed E-state index contributed by atoms with van der Waals surface area (Å²) in [6, 6.07) is 8.61. The topological polar surface area (TPSA) is 66.3 Å². The summed E-state index contributed by atoms with van der Waals surface area (Å²) in [5.41, 5.74) is 3.74. The Balaban J connectivity index is 1.57. The number of hydrogen-bond acceptors (Lipinski definition) is 5. The van der Waals surface area contributed by atoms with Gasteiger partial charge in [0.2, 0.25) is 0 Å². The van der Waals surface area contributed by atoms with Crippen LogP contribution in [0.5, 0.6) is 0 Å². The molecule has 3 heterocycles. The Morgan fingerprint density at radius 3 is 2.77 bits per heavy atom. The number of benzene rings is 1. The number of rotatable bonds is 2. The number of para-hydroxylation sites is 1. The minimum absolute atomic E-state index is 0.0206. The Hall–Kier alpha value is -2.41. The fraction of sp³-hybridized carbons (Fsp3) is 0.526. The maximum Gasteiger partial charge on any atom is 0.276 e. The first-order chi connectivity index (χ1) is 12.6. The molecule has 0 unspecified atom stereocenters. The number of anilines is 1. The van der Waals surface area contributed by atoms with Gasteiger partial charge in [0.05, 0.1) is 11.7 Å². The van der Waals surface area contributed by atoms with Crippen LogP contribution in [-0.4, -0.2) is 59.0 Å². The number of hydrogen-bond donors (Lipinski definition) is 1. The predicted molar refractivity (Wildman–Crippen MR) is 100 cm³/mol. The lowest BCUT2D eigenvalue weighted by Gasteiger charge is -2.24. The van der Waals surface area contributed by atoms with E-state index in [9.17, 15) is 4.79 Å². The van der Waals surface area contributed by atoms with Crippen molar-refractivity contribution in [1.29, 1.82) is 0 Å². The van der Waals surface area contributed by atoms with Gasteiger partial charge in [0.1, 0.15) is 0 Å². The van der Waals surface area contributed by atoms with Gasteiger partial charge in [-0.05, 0) is 44.5 Å². The van der Waals surface area contributed by atoms with Gasteiger partial charge >= 0.3 is 0 Å². The molecular formula is C19H26N6O. The van der Waals surface area contributed by atoms with Crippen LogP contribution in [-0.2, 0) is 6.54 Å². The number of piperidine rings is 1. The summed E-state index contributed by atoms with van der Waals surface area (Å²) in [4.78, 5) is 17.3.